The fourth-order valence-corrected chi connectivity index (χ4v) is 2.82. The van der Waals surface area contributed by atoms with Crippen LogP contribution in [0.5, 0.6) is 0 Å². The van der Waals surface area contributed by atoms with Crippen molar-refractivity contribution >= 4 is 15.9 Å². The van der Waals surface area contributed by atoms with E-state index >= 15 is 0 Å². The predicted octanol–water partition coefficient (Wildman–Crippen LogP) is 4.51. The Bertz CT molecular complexity index is 333. The minimum Gasteiger partial charge on any atom is -0.310 e. The Morgan fingerprint density at radius 2 is 1.88 bits per heavy atom. The van der Waals surface area contributed by atoms with Gasteiger partial charge in [0, 0.05) is 17.1 Å². The van der Waals surface area contributed by atoms with Gasteiger partial charge in [-0.05, 0) is 42.9 Å². The van der Waals surface area contributed by atoms with Crippen LogP contribution in [0.4, 0.5) is 0 Å². The van der Waals surface area contributed by atoms with Crippen molar-refractivity contribution in [2.75, 3.05) is 0 Å². The lowest BCUT2D eigenvalue weighted by molar-refractivity contribution is 0.447. The van der Waals surface area contributed by atoms with Gasteiger partial charge < -0.3 is 5.32 Å². The van der Waals surface area contributed by atoms with Gasteiger partial charge in [-0.1, -0.05) is 47.8 Å². The van der Waals surface area contributed by atoms with Crippen LogP contribution in [0.1, 0.15) is 44.6 Å². The molecule has 0 heterocycles. The van der Waals surface area contributed by atoms with Gasteiger partial charge in [-0.2, -0.15) is 0 Å². The molecule has 1 aliphatic carbocycles. The highest BCUT2D eigenvalue weighted by atomic mass is 79.9. The van der Waals surface area contributed by atoms with Gasteiger partial charge in [0.25, 0.3) is 0 Å². The van der Waals surface area contributed by atoms with Gasteiger partial charge in [-0.3, -0.25) is 0 Å². The first kappa shape index (κ1) is 13.1. The maximum absolute atomic E-state index is 3.70. The molecule has 1 aliphatic rings. The summed E-state index contributed by atoms with van der Waals surface area (Å²) < 4.78 is 1.16. The van der Waals surface area contributed by atoms with Crippen molar-refractivity contribution < 1.29 is 0 Å². The molecule has 17 heavy (non-hydrogen) atoms. The lowest BCUT2D eigenvalue weighted by Gasteiger charge is -2.16. The van der Waals surface area contributed by atoms with Crippen molar-refractivity contribution in [3.8, 4) is 0 Å². The highest BCUT2D eigenvalue weighted by Crippen LogP contribution is 2.22. The number of halogens is 1. The maximum atomic E-state index is 3.70. The van der Waals surface area contributed by atoms with Gasteiger partial charge in [0.15, 0.2) is 0 Å². The molecule has 0 aromatic heterocycles. The first-order valence-corrected chi connectivity index (χ1v) is 7.51. The van der Waals surface area contributed by atoms with Gasteiger partial charge in [0.1, 0.15) is 0 Å². The van der Waals surface area contributed by atoms with Crippen LogP contribution in [0.3, 0.4) is 0 Å². The number of rotatable bonds is 3. The van der Waals surface area contributed by atoms with Gasteiger partial charge in [0.2, 0.25) is 0 Å². The summed E-state index contributed by atoms with van der Waals surface area (Å²) in [5.74, 6) is 0.925. The van der Waals surface area contributed by atoms with E-state index in [1.807, 2.05) is 0 Å². The first-order chi connectivity index (χ1) is 8.24. The SMILES string of the molecule is CC1CCCC(NCc2ccc(Br)cc2)CC1. The highest BCUT2D eigenvalue weighted by molar-refractivity contribution is 9.10. The number of benzene rings is 1. The lowest BCUT2D eigenvalue weighted by atomic mass is 10.0. The second-order valence-corrected chi connectivity index (χ2v) is 6.23. The topological polar surface area (TPSA) is 12.0 Å². The van der Waals surface area contributed by atoms with Crippen LogP contribution in [0.2, 0.25) is 0 Å². The summed E-state index contributed by atoms with van der Waals surface area (Å²) in [6, 6.07) is 9.34. The summed E-state index contributed by atoms with van der Waals surface area (Å²) in [5, 5.41) is 3.70. The van der Waals surface area contributed by atoms with E-state index in [1.165, 1.54) is 37.7 Å². The van der Waals surface area contributed by atoms with Gasteiger partial charge in [-0.15, -0.1) is 0 Å². The maximum Gasteiger partial charge on any atom is 0.0208 e. The Balaban J connectivity index is 1.79. The fourth-order valence-electron chi connectivity index (χ4n) is 2.56. The fraction of sp³-hybridized carbons (Fsp3) is 0.600. The predicted molar refractivity (Wildman–Crippen MR) is 77.0 cm³/mol. The van der Waals surface area contributed by atoms with Crippen LogP contribution >= 0.6 is 15.9 Å². The molecule has 94 valence electrons. The Morgan fingerprint density at radius 3 is 2.65 bits per heavy atom. The van der Waals surface area contributed by atoms with Crippen molar-refractivity contribution in [2.45, 2.75) is 51.6 Å². The molecule has 1 N–H and O–H groups in total. The molecule has 0 saturated heterocycles. The van der Waals surface area contributed by atoms with E-state index in [0.29, 0.717) is 0 Å². The van der Waals surface area contributed by atoms with Crippen molar-refractivity contribution in [1.29, 1.82) is 0 Å². The Kier molecular flexibility index (Phi) is 5.05. The average molecular weight is 296 g/mol. The molecule has 1 aromatic rings. The van der Waals surface area contributed by atoms with E-state index in [2.05, 4.69) is 52.4 Å². The largest absolute Gasteiger partial charge is 0.310 e. The standard InChI is InChI=1S/C15H22BrN/c1-12-3-2-4-15(10-5-12)17-11-13-6-8-14(16)9-7-13/h6-9,12,15,17H,2-5,10-11H2,1H3. The molecular formula is C15H22BrN. The van der Waals surface area contributed by atoms with Crippen LogP contribution in [0, 0.1) is 5.92 Å². The van der Waals surface area contributed by atoms with Crippen LogP contribution < -0.4 is 5.32 Å². The second kappa shape index (κ2) is 6.55. The van der Waals surface area contributed by atoms with Crippen molar-refractivity contribution in [1.82, 2.24) is 5.32 Å². The summed E-state index contributed by atoms with van der Waals surface area (Å²) in [4.78, 5) is 0. The monoisotopic (exact) mass is 295 g/mol. The molecule has 2 unspecified atom stereocenters. The van der Waals surface area contributed by atoms with E-state index in [1.54, 1.807) is 0 Å². The third kappa shape index (κ3) is 4.44. The van der Waals surface area contributed by atoms with E-state index in [-0.39, 0.29) is 0 Å². The van der Waals surface area contributed by atoms with Crippen LogP contribution in [0.15, 0.2) is 28.7 Å². The molecule has 2 atom stereocenters. The number of nitrogens with one attached hydrogen (secondary N) is 1. The summed E-state index contributed by atoms with van der Waals surface area (Å²) in [7, 11) is 0. The molecule has 1 saturated carbocycles. The zero-order chi connectivity index (χ0) is 12.1. The Hall–Kier alpha value is -0.340. The molecule has 2 heteroatoms. The molecule has 1 nitrogen and oxygen atoms in total. The molecule has 0 amide bonds. The van der Waals surface area contributed by atoms with Crippen molar-refractivity contribution in [3.63, 3.8) is 0 Å². The molecule has 1 aromatic carbocycles. The molecule has 0 aliphatic heterocycles. The summed E-state index contributed by atoms with van der Waals surface area (Å²) in [6.45, 7) is 3.39. The Labute approximate surface area is 113 Å². The smallest absolute Gasteiger partial charge is 0.0208 e. The van der Waals surface area contributed by atoms with E-state index < -0.39 is 0 Å². The van der Waals surface area contributed by atoms with Gasteiger partial charge in [0.05, 0.1) is 0 Å². The number of hydrogen-bond acceptors (Lipinski definition) is 1. The summed E-state index contributed by atoms with van der Waals surface area (Å²) in [6.07, 6.45) is 6.88. The van der Waals surface area contributed by atoms with Gasteiger partial charge >= 0.3 is 0 Å². The molecule has 0 spiro atoms. The molecule has 1 fully saturated rings. The van der Waals surface area contributed by atoms with Crippen LogP contribution in [-0.2, 0) is 6.54 Å². The van der Waals surface area contributed by atoms with E-state index in [4.69, 9.17) is 0 Å². The van der Waals surface area contributed by atoms with Gasteiger partial charge in [-0.25, -0.2) is 0 Å². The third-order valence-electron chi connectivity index (χ3n) is 3.77. The van der Waals surface area contributed by atoms with E-state index in [9.17, 15) is 0 Å². The zero-order valence-corrected chi connectivity index (χ0v) is 12.2. The van der Waals surface area contributed by atoms with Crippen LogP contribution in [-0.4, -0.2) is 6.04 Å². The normalized spacial score (nSPS) is 25.5. The quantitative estimate of drug-likeness (QED) is 0.809. The average Bonchev–Trinajstić information content (AvgIpc) is 2.54. The first-order valence-electron chi connectivity index (χ1n) is 6.72. The molecule has 2 rings (SSSR count). The third-order valence-corrected chi connectivity index (χ3v) is 4.29. The van der Waals surface area contributed by atoms with Crippen LogP contribution in [0.25, 0.3) is 0 Å². The lowest BCUT2D eigenvalue weighted by Crippen LogP contribution is -2.27. The minimum absolute atomic E-state index is 0.726. The summed E-state index contributed by atoms with van der Waals surface area (Å²) in [5.41, 5.74) is 1.38. The van der Waals surface area contributed by atoms with Crippen molar-refractivity contribution in [3.05, 3.63) is 34.3 Å². The zero-order valence-electron chi connectivity index (χ0n) is 10.6. The second-order valence-electron chi connectivity index (χ2n) is 5.32. The highest BCUT2D eigenvalue weighted by Gasteiger charge is 2.15. The Morgan fingerprint density at radius 1 is 1.12 bits per heavy atom. The molecular weight excluding hydrogens is 274 g/mol. The van der Waals surface area contributed by atoms with Crippen molar-refractivity contribution in [2.24, 2.45) is 5.92 Å². The minimum atomic E-state index is 0.726. The summed E-state index contributed by atoms with van der Waals surface area (Å²) >= 11 is 3.47. The molecule has 0 bridgehead atoms. The molecule has 0 radical (unpaired) electrons. The number of hydrogen-bond donors (Lipinski definition) is 1. The van der Waals surface area contributed by atoms with E-state index in [0.717, 1.165) is 23.0 Å².